The zero-order valence-corrected chi connectivity index (χ0v) is 13.2. The summed E-state index contributed by atoms with van der Waals surface area (Å²) in [7, 11) is 1.66. The molecule has 0 saturated carbocycles. The molecule has 0 amide bonds. The van der Waals surface area contributed by atoms with Crippen molar-refractivity contribution in [3.63, 3.8) is 0 Å². The lowest BCUT2D eigenvalue weighted by Gasteiger charge is -2.11. The van der Waals surface area contributed by atoms with E-state index in [0.29, 0.717) is 6.61 Å². The molecular formula is C16H21ClN2O2. The van der Waals surface area contributed by atoms with E-state index in [1.165, 1.54) is 0 Å². The highest BCUT2D eigenvalue weighted by molar-refractivity contribution is 5.85. The third-order valence-corrected chi connectivity index (χ3v) is 2.89. The molecule has 0 atom stereocenters. The van der Waals surface area contributed by atoms with Crippen LogP contribution in [-0.4, -0.2) is 18.7 Å². The lowest BCUT2D eigenvalue weighted by atomic mass is 10.2. The summed E-state index contributed by atoms with van der Waals surface area (Å²) in [6, 6.07) is 11.9. The third-order valence-electron chi connectivity index (χ3n) is 2.89. The molecule has 0 unspecified atom stereocenters. The Hall–Kier alpha value is -1.78. The molecule has 0 fully saturated rings. The average molecular weight is 309 g/mol. The molecule has 0 radical (unpaired) electrons. The van der Waals surface area contributed by atoms with Gasteiger partial charge in [-0.15, -0.1) is 12.4 Å². The van der Waals surface area contributed by atoms with Crippen LogP contribution in [0.2, 0.25) is 0 Å². The van der Waals surface area contributed by atoms with Crippen molar-refractivity contribution in [1.29, 1.82) is 0 Å². The van der Waals surface area contributed by atoms with Gasteiger partial charge in [0.15, 0.2) is 11.5 Å². The van der Waals surface area contributed by atoms with Gasteiger partial charge in [0.1, 0.15) is 0 Å². The fourth-order valence-electron chi connectivity index (χ4n) is 1.93. The molecule has 5 heteroatoms. The number of rotatable bonds is 7. The van der Waals surface area contributed by atoms with Crippen molar-refractivity contribution in [2.24, 2.45) is 0 Å². The standard InChI is InChI=1S/C16H20N2O2.ClH/c1-3-20-15-8-7-13(10-16(15)19-2)11-17-12-14-6-4-5-9-18-14;/h4-10,17H,3,11-12H2,1-2H3;1H. The van der Waals surface area contributed by atoms with E-state index in [-0.39, 0.29) is 12.4 Å². The second-order valence-corrected chi connectivity index (χ2v) is 4.34. The average Bonchev–Trinajstić information content (AvgIpc) is 2.50. The summed E-state index contributed by atoms with van der Waals surface area (Å²) in [6.07, 6.45) is 1.80. The zero-order chi connectivity index (χ0) is 14.2. The van der Waals surface area contributed by atoms with Crippen molar-refractivity contribution in [2.75, 3.05) is 13.7 Å². The summed E-state index contributed by atoms with van der Waals surface area (Å²) in [5, 5.41) is 3.36. The molecule has 0 aliphatic carbocycles. The minimum absolute atomic E-state index is 0. The van der Waals surface area contributed by atoms with Crippen LogP contribution in [0, 0.1) is 0 Å². The number of methoxy groups -OCH3 is 1. The molecule has 0 aliphatic heterocycles. The van der Waals surface area contributed by atoms with Gasteiger partial charge in [0.25, 0.3) is 0 Å². The van der Waals surface area contributed by atoms with Gasteiger partial charge in [-0.2, -0.15) is 0 Å². The van der Waals surface area contributed by atoms with E-state index in [1.54, 1.807) is 13.3 Å². The van der Waals surface area contributed by atoms with E-state index in [9.17, 15) is 0 Å². The fourth-order valence-corrected chi connectivity index (χ4v) is 1.93. The first-order valence-corrected chi connectivity index (χ1v) is 6.74. The van der Waals surface area contributed by atoms with E-state index < -0.39 is 0 Å². The van der Waals surface area contributed by atoms with Crippen LogP contribution in [0.1, 0.15) is 18.2 Å². The summed E-state index contributed by atoms with van der Waals surface area (Å²) >= 11 is 0. The van der Waals surface area contributed by atoms with E-state index in [4.69, 9.17) is 9.47 Å². The molecule has 2 aromatic rings. The van der Waals surface area contributed by atoms with Crippen LogP contribution in [0.25, 0.3) is 0 Å². The highest BCUT2D eigenvalue weighted by Crippen LogP contribution is 2.27. The van der Waals surface area contributed by atoms with Crippen LogP contribution >= 0.6 is 12.4 Å². The summed E-state index contributed by atoms with van der Waals surface area (Å²) in [6.45, 7) is 4.10. The van der Waals surface area contributed by atoms with E-state index in [2.05, 4.69) is 10.3 Å². The number of nitrogens with one attached hydrogen (secondary N) is 1. The summed E-state index contributed by atoms with van der Waals surface area (Å²) in [4.78, 5) is 4.27. The molecule has 1 N–H and O–H groups in total. The molecule has 1 aromatic carbocycles. The maximum Gasteiger partial charge on any atom is 0.161 e. The number of hydrogen-bond donors (Lipinski definition) is 1. The first-order valence-electron chi connectivity index (χ1n) is 6.74. The lowest BCUT2D eigenvalue weighted by Crippen LogP contribution is -2.13. The van der Waals surface area contributed by atoms with Crippen LogP contribution in [0.4, 0.5) is 0 Å². The number of hydrogen-bond acceptors (Lipinski definition) is 4. The van der Waals surface area contributed by atoms with Crippen molar-refractivity contribution >= 4 is 12.4 Å². The van der Waals surface area contributed by atoms with Crippen molar-refractivity contribution < 1.29 is 9.47 Å². The lowest BCUT2D eigenvalue weighted by molar-refractivity contribution is 0.310. The Morgan fingerprint density at radius 1 is 1.10 bits per heavy atom. The van der Waals surface area contributed by atoms with Gasteiger partial charge in [-0.05, 0) is 36.8 Å². The van der Waals surface area contributed by atoms with Gasteiger partial charge in [0.05, 0.1) is 19.4 Å². The van der Waals surface area contributed by atoms with Crippen molar-refractivity contribution in [2.45, 2.75) is 20.0 Å². The Balaban J connectivity index is 0.00000220. The zero-order valence-electron chi connectivity index (χ0n) is 12.3. The Morgan fingerprint density at radius 2 is 1.95 bits per heavy atom. The molecule has 4 nitrogen and oxygen atoms in total. The maximum absolute atomic E-state index is 5.50. The van der Waals surface area contributed by atoms with Crippen molar-refractivity contribution in [3.05, 3.63) is 53.9 Å². The molecule has 114 valence electrons. The number of aromatic nitrogens is 1. The van der Waals surface area contributed by atoms with Crippen LogP contribution in [0.15, 0.2) is 42.6 Å². The SMILES string of the molecule is CCOc1ccc(CNCc2ccccn2)cc1OC.Cl. The third kappa shape index (κ3) is 5.25. The van der Waals surface area contributed by atoms with Gasteiger partial charge in [0.2, 0.25) is 0 Å². The van der Waals surface area contributed by atoms with Gasteiger partial charge in [0, 0.05) is 19.3 Å². The number of halogens is 1. The molecule has 0 spiro atoms. The van der Waals surface area contributed by atoms with Gasteiger partial charge in [-0.25, -0.2) is 0 Å². The van der Waals surface area contributed by atoms with E-state index in [1.807, 2.05) is 43.3 Å². The smallest absolute Gasteiger partial charge is 0.161 e. The summed E-state index contributed by atoms with van der Waals surface area (Å²) < 4.78 is 10.8. The summed E-state index contributed by atoms with van der Waals surface area (Å²) in [5.41, 5.74) is 2.19. The van der Waals surface area contributed by atoms with Gasteiger partial charge >= 0.3 is 0 Å². The predicted octanol–water partition coefficient (Wildman–Crippen LogP) is 3.20. The molecule has 0 saturated heterocycles. The number of nitrogens with zero attached hydrogens (tertiary/aromatic N) is 1. The molecule has 1 heterocycles. The summed E-state index contributed by atoms with van der Waals surface area (Å²) in [5.74, 6) is 1.55. The molecule has 0 bridgehead atoms. The predicted molar refractivity (Wildman–Crippen MR) is 86.2 cm³/mol. The first kappa shape index (κ1) is 17.3. The largest absolute Gasteiger partial charge is 0.493 e. The number of ether oxygens (including phenoxy) is 2. The number of pyridine rings is 1. The van der Waals surface area contributed by atoms with Gasteiger partial charge in [-0.1, -0.05) is 12.1 Å². The monoisotopic (exact) mass is 308 g/mol. The van der Waals surface area contributed by atoms with E-state index in [0.717, 1.165) is 35.8 Å². The Morgan fingerprint density at radius 3 is 2.62 bits per heavy atom. The van der Waals surface area contributed by atoms with Gasteiger partial charge in [-0.3, -0.25) is 4.98 Å². The van der Waals surface area contributed by atoms with Crippen LogP contribution in [0.3, 0.4) is 0 Å². The molecule has 21 heavy (non-hydrogen) atoms. The normalized spacial score (nSPS) is 9.81. The highest BCUT2D eigenvalue weighted by Gasteiger charge is 2.05. The van der Waals surface area contributed by atoms with Crippen LogP contribution in [-0.2, 0) is 13.1 Å². The second-order valence-electron chi connectivity index (χ2n) is 4.34. The molecule has 1 aromatic heterocycles. The Labute approximate surface area is 131 Å². The highest BCUT2D eigenvalue weighted by atomic mass is 35.5. The Kier molecular flexibility index (Phi) is 7.58. The Bertz CT molecular complexity index is 535. The molecule has 2 rings (SSSR count). The second kappa shape index (κ2) is 9.21. The van der Waals surface area contributed by atoms with Gasteiger partial charge < -0.3 is 14.8 Å². The van der Waals surface area contributed by atoms with Crippen LogP contribution in [0.5, 0.6) is 11.5 Å². The van der Waals surface area contributed by atoms with Crippen molar-refractivity contribution in [1.82, 2.24) is 10.3 Å². The quantitative estimate of drug-likeness (QED) is 0.853. The van der Waals surface area contributed by atoms with Crippen molar-refractivity contribution in [3.8, 4) is 11.5 Å². The topological polar surface area (TPSA) is 43.4 Å². The minimum Gasteiger partial charge on any atom is -0.493 e. The van der Waals surface area contributed by atoms with Crippen LogP contribution < -0.4 is 14.8 Å². The minimum atomic E-state index is 0. The molecular weight excluding hydrogens is 288 g/mol. The van der Waals surface area contributed by atoms with E-state index >= 15 is 0 Å². The molecule has 0 aliphatic rings. The maximum atomic E-state index is 5.50. The fraction of sp³-hybridized carbons (Fsp3) is 0.312. The first-order chi connectivity index (χ1) is 9.83. The number of benzene rings is 1.